The zero-order valence-corrected chi connectivity index (χ0v) is 19.0. The second-order valence-electron chi connectivity index (χ2n) is 7.83. The SMILES string of the molecule is COc1ccc2c(c1)C(=O)N(c1nc(C(=O)Nc3cnccc3N3CCNCC3)cs1)CC2. The van der Waals surface area contributed by atoms with Gasteiger partial charge < -0.3 is 20.3 Å². The molecule has 0 unspecified atom stereocenters. The Morgan fingerprint density at radius 3 is 2.88 bits per heavy atom. The molecule has 9 nitrogen and oxygen atoms in total. The lowest BCUT2D eigenvalue weighted by Gasteiger charge is -2.30. The van der Waals surface area contributed by atoms with E-state index in [-0.39, 0.29) is 17.5 Å². The van der Waals surface area contributed by atoms with E-state index in [2.05, 4.69) is 25.5 Å². The lowest BCUT2D eigenvalue weighted by atomic mass is 9.99. The Bertz CT molecular complexity index is 1190. The second-order valence-corrected chi connectivity index (χ2v) is 8.67. The molecule has 1 aromatic carbocycles. The molecule has 3 aromatic rings. The summed E-state index contributed by atoms with van der Waals surface area (Å²) < 4.78 is 5.27. The summed E-state index contributed by atoms with van der Waals surface area (Å²) in [4.78, 5) is 38.5. The van der Waals surface area contributed by atoms with Gasteiger partial charge in [0, 0.05) is 49.9 Å². The van der Waals surface area contributed by atoms with Crippen LogP contribution in [0.4, 0.5) is 16.5 Å². The van der Waals surface area contributed by atoms with Crippen LogP contribution in [0.25, 0.3) is 0 Å². The largest absolute Gasteiger partial charge is 0.497 e. The zero-order chi connectivity index (χ0) is 22.8. The minimum absolute atomic E-state index is 0.135. The molecule has 0 atom stereocenters. The third kappa shape index (κ3) is 4.27. The third-order valence-electron chi connectivity index (χ3n) is 5.86. The Hall–Kier alpha value is -3.50. The van der Waals surface area contributed by atoms with Crippen LogP contribution >= 0.6 is 11.3 Å². The van der Waals surface area contributed by atoms with Gasteiger partial charge in [-0.25, -0.2) is 4.98 Å². The highest BCUT2D eigenvalue weighted by atomic mass is 32.1. The molecule has 2 aromatic heterocycles. The lowest BCUT2D eigenvalue weighted by Crippen LogP contribution is -2.43. The quantitative estimate of drug-likeness (QED) is 0.598. The van der Waals surface area contributed by atoms with Crippen LogP contribution in [0.2, 0.25) is 0 Å². The Labute approximate surface area is 195 Å². The van der Waals surface area contributed by atoms with Gasteiger partial charge in [-0.15, -0.1) is 11.3 Å². The summed E-state index contributed by atoms with van der Waals surface area (Å²) in [6.45, 7) is 4.02. The summed E-state index contributed by atoms with van der Waals surface area (Å²) in [6, 6.07) is 7.45. The highest BCUT2D eigenvalue weighted by molar-refractivity contribution is 7.14. The number of methoxy groups -OCH3 is 1. The van der Waals surface area contributed by atoms with E-state index < -0.39 is 0 Å². The van der Waals surface area contributed by atoms with Crippen molar-refractivity contribution in [1.82, 2.24) is 15.3 Å². The van der Waals surface area contributed by atoms with Crippen LogP contribution in [0.3, 0.4) is 0 Å². The molecule has 4 heterocycles. The number of piperazine rings is 1. The van der Waals surface area contributed by atoms with Crippen molar-refractivity contribution >= 4 is 39.7 Å². The van der Waals surface area contributed by atoms with Crippen LogP contribution in [0.5, 0.6) is 5.75 Å². The van der Waals surface area contributed by atoms with E-state index in [0.29, 0.717) is 28.7 Å². The van der Waals surface area contributed by atoms with Gasteiger partial charge in [-0.3, -0.25) is 19.5 Å². The summed E-state index contributed by atoms with van der Waals surface area (Å²) in [5.41, 5.74) is 3.46. The number of ether oxygens (including phenoxy) is 1. The monoisotopic (exact) mass is 464 g/mol. The number of thiazole rings is 1. The molecule has 170 valence electrons. The molecular weight excluding hydrogens is 440 g/mol. The number of pyridine rings is 1. The van der Waals surface area contributed by atoms with Crippen molar-refractivity contribution in [2.75, 3.05) is 55.0 Å². The van der Waals surface area contributed by atoms with Crippen LogP contribution in [0.15, 0.2) is 42.0 Å². The van der Waals surface area contributed by atoms with E-state index in [4.69, 9.17) is 4.74 Å². The van der Waals surface area contributed by atoms with Crippen molar-refractivity contribution in [2.45, 2.75) is 6.42 Å². The number of benzene rings is 1. The van der Waals surface area contributed by atoms with Gasteiger partial charge in [-0.1, -0.05) is 6.07 Å². The maximum Gasteiger partial charge on any atom is 0.275 e. The number of carbonyl (C=O) groups excluding carboxylic acids is 2. The number of hydrogen-bond acceptors (Lipinski definition) is 8. The van der Waals surface area contributed by atoms with E-state index in [1.54, 1.807) is 35.8 Å². The number of hydrogen-bond donors (Lipinski definition) is 2. The molecule has 1 fully saturated rings. The molecule has 10 heteroatoms. The first-order valence-corrected chi connectivity index (χ1v) is 11.7. The van der Waals surface area contributed by atoms with Crippen molar-refractivity contribution < 1.29 is 14.3 Å². The van der Waals surface area contributed by atoms with Gasteiger partial charge in [0.15, 0.2) is 5.13 Å². The predicted molar refractivity (Wildman–Crippen MR) is 128 cm³/mol. The van der Waals surface area contributed by atoms with Gasteiger partial charge in [0.05, 0.1) is 24.7 Å². The molecule has 33 heavy (non-hydrogen) atoms. The molecule has 2 N–H and O–H groups in total. The number of nitrogens with zero attached hydrogens (tertiary/aromatic N) is 4. The minimum atomic E-state index is -0.326. The van der Waals surface area contributed by atoms with Gasteiger partial charge in [-0.2, -0.15) is 0 Å². The Morgan fingerprint density at radius 1 is 1.21 bits per heavy atom. The molecule has 2 amide bonds. The first-order valence-electron chi connectivity index (χ1n) is 10.8. The van der Waals surface area contributed by atoms with Crippen LogP contribution in [0.1, 0.15) is 26.4 Å². The highest BCUT2D eigenvalue weighted by Gasteiger charge is 2.28. The Kier molecular flexibility index (Phi) is 5.93. The van der Waals surface area contributed by atoms with Crippen molar-refractivity contribution in [3.63, 3.8) is 0 Å². The summed E-state index contributed by atoms with van der Waals surface area (Å²) in [6.07, 6.45) is 4.10. The lowest BCUT2D eigenvalue weighted by molar-refractivity contribution is 0.0976. The number of aromatic nitrogens is 2. The second kappa shape index (κ2) is 9.16. The molecule has 0 spiro atoms. The number of fused-ring (bicyclic) bond motifs is 1. The van der Waals surface area contributed by atoms with Crippen LogP contribution in [-0.2, 0) is 6.42 Å². The summed E-state index contributed by atoms with van der Waals surface area (Å²) in [7, 11) is 1.58. The third-order valence-corrected chi connectivity index (χ3v) is 6.72. The average molecular weight is 465 g/mol. The molecule has 5 rings (SSSR count). The smallest absolute Gasteiger partial charge is 0.275 e. The van der Waals surface area contributed by atoms with E-state index in [1.165, 1.54) is 11.3 Å². The first kappa shape index (κ1) is 21.4. The normalized spacial score (nSPS) is 15.8. The summed E-state index contributed by atoms with van der Waals surface area (Å²) in [5.74, 6) is 0.179. The van der Waals surface area contributed by atoms with Gasteiger partial charge in [0.25, 0.3) is 11.8 Å². The van der Waals surface area contributed by atoms with Gasteiger partial charge >= 0.3 is 0 Å². The maximum atomic E-state index is 13.1. The molecule has 0 bridgehead atoms. The maximum absolute atomic E-state index is 13.1. The number of rotatable bonds is 5. The van der Waals surface area contributed by atoms with Crippen LogP contribution in [-0.4, -0.2) is 61.6 Å². The number of anilines is 3. The summed E-state index contributed by atoms with van der Waals surface area (Å²) >= 11 is 1.28. The van der Waals surface area contributed by atoms with E-state index in [9.17, 15) is 9.59 Å². The Morgan fingerprint density at radius 2 is 2.06 bits per heavy atom. The van der Waals surface area contributed by atoms with E-state index in [0.717, 1.165) is 43.9 Å². The van der Waals surface area contributed by atoms with Crippen molar-refractivity contribution in [3.8, 4) is 5.75 Å². The molecule has 2 aliphatic heterocycles. The Balaban J connectivity index is 1.33. The summed E-state index contributed by atoms with van der Waals surface area (Å²) in [5, 5.41) is 8.46. The van der Waals surface area contributed by atoms with E-state index in [1.807, 2.05) is 18.2 Å². The fourth-order valence-corrected chi connectivity index (χ4v) is 4.93. The first-order chi connectivity index (χ1) is 16.1. The molecule has 2 aliphatic rings. The average Bonchev–Trinajstić information content (AvgIpc) is 3.35. The fraction of sp³-hybridized carbons (Fsp3) is 0.304. The van der Waals surface area contributed by atoms with E-state index >= 15 is 0 Å². The number of amides is 2. The van der Waals surface area contributed by atoms with Gasteiger partial charge in [0.2, 0.25) is 0 Å². The molecule has 1 saturated heterocycles. The fourth-order valence-electron chi connectivity index (χ4n) is 4.11. The van der Waals surface area contributed by atoms with Gasteiger partial charge in [0.1, 0.15) is 11.4 Å². The van der Waals surface area contributed by atoms with Crippen LogP contribution in [0, 0.1) is 0 Å². The van der Waals surface area contributed by atoms with Crippen molar-refractivity contribution in [3.05, 3.63) is 58.9 Å². The highest BCUT2D eigenvalue weighted by Crippen LogP contribution is 2.30. The molecule has 0 saturated carbocycles. The van der Waals surface area contributed by atoms with Gasteiger partial charge in [-0.05, 0) is 30.2 Å². The molecule has 0 radical (unpaired) electrons. The number of carbonyl (C=O) groups is 2. The zero-order valence-electron chi connectivity index (χ0n) is 18.2. The predicted octanol–water partition coefficient (Wildman–Crippen LogP) is 2.41. The molecule has 0 aliphatic carbocycles. The topological polar surface area (TPSA) is 99.7 Å². The van der Waals surface area contributed by atoms with Crippen LogP contribution < -0.4 is 25.2 Å². The standard InChI is InChI=1S/C23H24N6O3S/c1-32-16-3-2-15-5-9-29(22(31)17(15)12-16)23-27-19(14-33-23)21(30)26-18-13-25-6-4-20(18)28-10-7-24-8-11-28/h2-4,6,12-14,24H,5,7-11H2,1H3,(H,26,30). The van der Waals surface area contributed by atoms with Crippen molar-refractivity contribution in [1.29, 1.82) is 0 Å². The minimum Gasteiger partial charge on any atom is -0.497 e. The number of nitrogens with one attached hydrogen (secondary N) is 2. The molecular formula is C23H24N6O3S. The van der Waals surface area contributed by atoms with Crippen molar-refractivity contribution in [2.24, 2.45) is 0 Å².